The minimum absolute atomic E-state index is 0. The van der Waals surface area contributed by atoms with Gasteiger partial charge in [-0.05, 0) is 51.0 Å². The number of guanidine groups is 1. The molecule has 2 N–H and O–H groups in total. The van der Waals surface area contributed by atoms with Gasteiger partial charge in [0, 0.05) is 38.1 Å². The molecule has 1 aliphatic rings. The average Bonchev–Trinajstić information content (AvgIpc) is 2.98. The van der Waals surface area contributed by atoms with Gasteiger partial charge in [0.15, 0.2) is 5.96 Å². The van der Waals surface area contributed by atoms with Crippen molar-refractivity contribution in [3.8, 4) is 0 Å². The highest BCUT2D eigenvalue weighted by Gasteiger charge is 2.36. The Bertz CT molecular complexity index is 830. The monoisotopic (exact) mass is 539 g/mol. The smallest absolute Gasteiger partial charge is 0.191 e. The van der Waals surface area contributed by atoms with Crippen LogP contribution in [0.15, 0.2) is 35.3 Å². The van der Waals surface area contributed by atoms with E-state index in [-0.39, 0.29) is 24.0 Å². The molecule has 1 aromatic heterocycles. The predicted molar refractivity (Wildman–Crippen MR) is 138 cm³/mol. The molecule has 1 aromatic carbocycles. The molecule has 1 heterocycles. The summed E-state index contributed by atoms with van der Waals surface area (Å²) in [6.07, 6.45) is 4.97. The van der Waals surface area contributed by atoms with Gasteiger partial charge in [0.1, 0.15) is 0 Å². The number of aliphatic imine (C=N–C) groups is 1. The molecule has 1 fully saturated rings. The third-order valence-electron chi connectivity index (χ3n) is 6.33. The number of rotatable bonds is 10. The van der Waals surface area contributed by atoms with E-state index in [4.69, 9.17) is 14.8 Å². The lowest BCUT2D eigenvalue weighted by molar-refractivity contribution is 0.0732. The maximum absolute atomic E-state index is 5.32. The van der Waals surface area contributed by atoms with Crippen LogP contribution in [0.2, 0.25) is 0 Å². The summed E-state index contributed by atoms with van der Waals surface area (Å²) in [6, 6.07) is 10.5. The van der Waals surface area contributed by atoms with Gasteiger partial charge in [-0.3, -0.25) is 4.68 Å². The molecule has 0 spiro atoms. The highest BCUT2D eigenvalue weighted by Crippen LogP contribution is 2.43. The van der Waals surface area contributed by atoms with Crippen molar-refractivity contribution in [3.05, 3.63) is 52.8 Å². The van der Waals surface area contributed by atoms with Crippen LogP contribution in [-0.2, 0) is 17.8 Å². The number of aryl methyl sites for hydroxylation is 1. The molecule has 6 nitrogen and oxygen atoms in total. The van der Waals surface area contributed by atoms with Crippen LogP contribution in [0.5, 0.6) is 0 Å². The molecule has 0 radical (unpaired) electrons. The first kappa shape index (κ1) is 25.6. The Hall–Kier alpha value is -1.61. The van der Waals surface area contributed by atoms with Gasteiger partial charge in [0.25, 0.3) is 0 Å². The minimum Gasteiger partial charge on any atom is -0.385 e. The van der Waals surface area contributed by atoms with Gasteiger partial charge in [-0.25, -0.2) is 4.99 Å². The molecule has 2 aromatic rings. The molecule has 7 heteroatoms. The lowest BCUT2D eigenvalue weighted by Crippen LogP contribution is -2.47. The molecule has 0 saturated heterocycles. The van der Waals surface area contributed by atoms with E-state index in [0.717, 1.165) is 44.3 Å². The zero-order valence-electron chi connectivity index (χ0n) is 19.4. The van der Waals surface area contributed by atoms with E-state index >= 15 is 0 Å². The number of aromatic nitrogens is 2. The number of hydrogen-bond acceptors (Lipinski definition) is 3. The van der Waals surface area contributed by atoms with E-state index < -0.39 is 0 Å². The lowest BCUT2D eigenvalue weighted by atomic mass is 9.67. The minimum atomic E-state index is 0. The van der Waals surface area contributed by atoms with Gasteiger partial charge in [0.2, 0.25) is 0 Å². The first-order valence-electron chi connectivity index (χ1n) is 11.1. The van der Waals surface area contributed by atoms with Crippen LogP contribution in [0.3, 0.4) is 0 Å². The zero-order chi connectivity index (χ0) is 21.4. The summed E-state index contributed by atoms with van der Waals surface area (Å²) in [6.45, 7) is 10.4. The van der Waals surface area contributed by atoms with Crippen LogP contribution >= 0.6 is 24.0 Å². The van der Waals surface area contributed by atoms with Crippen molar-refractivity contribution in [3.63, 3.8) is 0 Å². The van der Waals surface area contributed by atoms with Crippen molar-refractivity contribution < 1.29 is 4.74 Å². The summed E-state index contributed by atoms with van der Waals surface area (Å²) in [5, 5.41) is 11.7. The molecule has 0 atom stereocenters. The molecule has 0 aliphatic heterocycles. The van der Waals surface area contributed by atoms with Crippen LogP contribution in [0.4, 0.5) is 0 Å². The number of ether oxygens (including phenoxy) is 1. The van der Waals surface area contributed by atoms with Crippen LogP contribution in [0.1, 0.15) is 55.1 Å². The van der Waals surface area contributed by atoms with Crippen molar-refractivity contribution >= 4 is 29.9 Å². The Labute approximate surface area is 204 Å². The molecular weight excluding hydrogens is 501 g/mol. The fourth-order valence-corrected chi connectivity index (χ4v) is 4.15. The lowest BCUT2D eigenvalue weighted by Gasteiger charge is -2.42. The van der Waals surface area contributed by atoms with E-state index in [1.54, 1.807) is 7.11 Å². The first-order valence-corrected chi connectivity index (χ1v) is 11.1. The van der Waals surface area contributed by atoms with E-state index in [2.05, 4.69) is 60.4 Å². The van der Waals surface area contributed by atoms with Crippen LogP contribution < -0.4 is 10.6 Å². The zero-order valence-corrected chi connectivity index (χ0v) is 21.7. The Morgan fingerprint density at radius 2 is 1.94 bits per heavy atom. The fraction of sp³-hybridized carbons (Fsp3) is 0.583. The number of methoxy groups -OCH3 is 1. The second kappa shape index (κ2) is 12.4. The number of halogens is 1. The van der Waals surface area contributed by atoms with Crippen LogP contribution in [0, 0.1) is 19.3 Å². The molecule has 3 rings (SSSR count). The standard InChI is InChI=1S/C24H37N5O.HI/c1-5-25-23(27-18-24(12-9-13-24)14-15-30-4)26-16-22-19(2)28-29(20(22)3)17-21-10-7-6-8-11-21;/h6-8,10-11H,5,9,12-18H2,1-4H3,(H2,25,26,27);1H. The summed E-state index contributed by atoms with van der Waals surface area (Å²) in [5.74, 6) is 0.885. The Morgan fingerprint density at radius 1 is 1.19 bits per heavy atom. The summed E-state index contributed by atoms with van der Waals surface area (Å²) in [5.41, 5.74) is 5.07. The summed E-state index contributed by atoms with van der Waals surface area (Å²) in [7, 11) is 1.79. The molecule has 31 heavy (non-hydrogen) atoms. The van der Waals surface area contributed by atoms with Crippen molar-refractivity contribution in [2.24, 2.45) is 10.4 Å². The highest BCUT2D eigenvalue weighted by molar-refractivity contribution is 14.0. The molecule has 172 valence electrons. The predicted octanol–water partition coefficient (Wildman–Crippen LogP) is 4.43. The van der Waals surface area contributed by atoms with E-state index in [1.165, 1.54) is 36.1 Å². The van der Waals surface area contributed by atoms with Gasteiger partial charge >= 0.3 is 0 Å². The molecule has 1 aliphatic carbocycles. The maximum Gasteiger partial charge on any atom is 0.191 e. The number of nitrogens with one attached hydrogen (secondary N) is 2. The fourth-order valence-electron chi connectivity index (χ4n) is 4.15. The van der Waals surface area contributed by atoms with Gasteiger partial charge in [-0.1, -0.05) is 36.8 Å². The van der Waals surface area contributed by atoms with Gasteiger partial charge in [0.05, 0.1) is 18.8 Å². The first-order chi connectivity index (χ1) is 14.6. The SMILES string of the molecule is CCNC(=NCc1c(C)nn(Cc2ccccc2)c1C)NCC1(CCOC)CCC1.I. The van der Waals surface area contributed by atoms with E-state index in [1.807, 2.05) is 6.07 Å². The van der Waals surface area contributed by atoms with Crippen molar-refractivity contribution in [1.82, 2.24) is 20.4 Å². The Morgan fingerprint density at radius 3 is 2.55 bits per heavy atom. The highest BCUT2D eigenvalue weighted by atomic mass is 127. The summed E-state index contributed by atoms with van der Waals surface area (Å²) >= 11 is 0. The largest absolute Gasteiger partial charge is 0.385 e. The normalized spacial score (nSPS) is 15.2. The van der Waals surface area contributed by atoms with E-state index in [0.29, 0.717) is 12.0 Å². The van der Waals surface area contributed by atoms with Gasteiger partial charge in [-0.2, -0.15) is 5.10 Å². The molecule has 0 unspecified atom stereocenters. The Balaban J connectivity index is 0.00000341. The molecule has 0 amide bonds. The third-order valence-corrected chi connectivity index (χ3v) is 6.33. The van der Waals surface area contributed by atoms with Crippen LogP contribution in [0.25, 0.3) is 0 Å². The average molecular weight is 540 g/mol. The summed E-state index contributed by atoms with van der Waals surface area (Å²) in [4.78, 5) is 4.88. The van der Waals surface area contributed by atoms with Crippen molar-refractivity contribution in [1.29, 1.82) is 0 Å². The quantitative estimate of drug-likeness (QED) is 0.267. The molecular formula is C24H38IN5O. The Kier molecular flexibility index (Phi) is 10.3. The number of hydrogen-bond donors (Lipinski definition) is 2. The number of nitrogens with zero attached hydrogens (tertiary/aromatic N) is 3. The van der Waals surface area contributed by atoms with Crippen molar-refractivity contribution in [2.45, 2.75) is 59.5 Å². The second-order valence-corrected chi connectivity index (χ2v) is 8.44. The maximum atomic E-state index is 5.32. The molecule has 1 saturated carbocycles. The van der Waals surface area contributed by atoms with Gasteiger partial charge < -0.3 is 15.4 Å². The van der Waals surface area contributed by atoms with Crippen molar-refractivity contribution in [2.75, 3.05) is 26.8 Å². The van der Waals surface area contributed by atoms with Gasteiger partial charge in [-0.15, -0.1) is 24.0 Å². The van der Waals surface area contributed by atoms with E-state index in [9.17, 15) is 0 Å². The third kappa shape index (κ3) is 6.94. The molecule has 0 bridgehead atoms. The van der Waals surface area contributed by atoms with Crippen LogP contribution in [-0.4, -0.2) is 42.5 Å². The number of benzene rings is 1. The summed E-state index contributed by atoms with van der Waals surface area (Å²) < 4.78 is 7.41. The second-order valence-electron chi connectivity index (χ2n) is 8.44. The topological polar surface area (TPSA) is 63.5 Å².